The van der Waals surface area contributed by atoms with E-state index in [2.05, 4.69) is 21.2 Å². The van der Waals surface area contributed by atoms with Gasteiger partial charge in [0, 0.05) is 30.8 Å². The summed E-state index contributed by atoms with van der Waals surface area (Å²) in [6, 6.07) is 7.91. The van der Waals surface area contributed by atoms with Crippen LogP contribution in [0.2, 0.25) is 0 Å². The molecule has 102 valence electrons. The van der Waals surface area contributed by atoms with Crippen molar-refractivity contribution in [2.45, 2.75) is 12.5 Å². The Morgan fingerprint density at radius 1 is 1.33 bits per heavy atom. The predicted octanol–water partition coefficient (Wildman–Crippen LogP) is 1.81. The van der Waals surface area contributed by atoms with Gasteiger partial charge in [-0.2, -0.15) is 0 Å². The van der Waals surface area contributed by atoms with Gasteiger partial charge >= 0.3 is 0 Å². The van der Waals surface area contributed by atoms with Crippen molar-refractivity contribution in [1.82, 2.24) is 5.32 Å². The molecule has 0 amide bonds. The van der Waals surface area contributed by atoms with Crippen LogP contribution in [-0.4, -0.2) is 44.6 Å². The lowest BCUT2D eigenvalue weighted by Crippen LogP contribution is -2.36. The van der Waals surface area contributed by atoms with Gasteiger partial charge in [-0.05, 0) is 30.7 Å². The molecule has 0 aromatic heterocycles. The van der Waals surface area contributed by atoms with Gasteiger partial charge in [-0.3, -0.25) is 0 Å². The first kappa shape index (κ1) is 15.4. The molecule has 0 radical (unpaired) electrons. The second-order valence-corrected chi connectivity index (χ2v) is 4.84. The fraction of sp³-hybridized carbons (Fsp3) is 0.538. The summed E-state index contributed by atoms with van der Waals surface area (Å²) in [5, 5.41) is 12.2. The molecule has 0 saturated heterocycles. The van der Waals surface area contributed by atoms with Gasteiger partial charge in [0.2, 0.25) is 0 Å². The number of nitrogens with one attached hydrogen (secondary N) is 1. The zero-order chi connectivity index (χ0) is 13.2. The summed E-state index contributed by atoms with van der Waals surface area (Å²) in [7, 11) is 1.66. The van der Waals surface area contributed by atoms with E-state index in [0.29, 0.717) is 19.6 Å². The molecule has 0 aliphatic carbocycles. The normalized spacial score (nSPS) is 12.4. The van der Waals surface area contributed by atoms with Crippen molar-refractivity contribution in [3.05, 3.63) is 28.7 Å². The summed E-state index contributed by atoms with van der Waals surface area (Å²) < 4.78 is 11.7. The zero-order valence-electron chi connectivity index (χ0n) is 10.6. The molecule has 4 nitrogen and oxygen atoms in total. The van der Waals surface area contributed by atoms with Crippen molar-refractivity contribution in [2.24, 2.45) is 0 Å². The van der Waals surface area contributed by atoms with Crippen LogP contribution in [0, 0.1) is 0 Å². The van der Waals surface area contributed by atoms with Gasteiger partial charge in [0.15, 0.2) is 0 Å². The highest BCUT2D eigenvalue weighted by Crippen LogP contribution is 2.15. The predicted molar refractivity (Wildman–Crippen MR) is 75.0 cm³/mol. The maximum absolute atomic E-state index is 8.89. The molecule has 1 aromatic rings. The Morgan fingerprint density at radius 3 is 2.67 bits per heavy atom. The summed E-state index contributed by atoms with van der Waals surface area (Å²) in [4.78, 5) is 0. The molecule has 0 spiro atoms. The fourth-order valence-corrected chi connectivity index (χ4v) is 1.83. The number of benzene rings is 1. The maximum atomic E-state index is 8.89. The number of rotatable bonds is 9. The lowest BCUT2D eigenvalue weighted by atomic mass is 10.2. The summed E-state index contributed by atoms with van der Waals surface area (Å²) in [6.07, 6.45) is 0.687. The van der Waals surface area contributed by atoms with Crippen LogP contribution in [0.5, 0.6) is 5.75 Å². The Hall–Kier alpha value is -0.620. The van der Waals surface area contributed by atoms with Gasteiger partial charge in [-0.1, -0.05) is 15.9 Å². The van der Waals surface area contributed by atoms with Crippen molar-refractivity contribution in [3.63, 3.8) is 0 Å². The molecule has 1 rings (SSSR count). The molecule has 1 atom stereocenters. The standard InChI is InChI=1S/C13H20BrNO3/c1-17-10-12(6-8-16)15-7-9-18-13-4-2-11(14)3-5-13/h2-5,12,15-16H,6-10H2,1H3. The second-order valence-electron chi connectivity index (χ2n) is 3.92. The SMILES string of the molecule is COCC(CCO)NCCOc1ccc(Br)cc1. The Kier molecular flexibility index (Phi) is 8.00. The van der Waals surface area contributed by atoms with Crippen LogP contribution >= 0.6 is 15.9 Å². The Bertz CT molecular complexity index is 313. The quantitative estimate of drug-likeness (QED) is 0.682. The largest absolute Gasteiger partial charge is 0.492 e. The van der Waals surface area contributed by atoms with Gasteiger partial charge in [-0.25, -0.2) is 0 Å². The molecule has 0 fully saturated rings. The highest BCUT2D eigenvalue weighted by molar-refractivity contribution is 9.10. The number of halogens is 1. The third-order valence-corrected chi connectivity index (χ3v) is 2.99. The lowest BCUT2D eigenvalue weighted by Gasteiger charge is -2.16. The number of ether oxygens (including phenoxy) is 2. The van der Waals surface area contributed by atoms with E-state index in [4.69, 9.17) is 14.6 Å². The molecule has 1 aromatic carbocycles. The third-order valence-electron chi connectivity index (χ3n) is 2.46. The second kappa shape index (κ2) is 9.33. The molecule has 0 heterocycles. The minimum absolute atomic E-state index is 0.161. The first-order valence-corrected chi connectivity index (χ1v) is 6.77. The average Bonchev–Trinajstić information content (AvgIpc) is 2.37. The van der Waals surface area contributed by atoms with Crippen molar-refractivity contribution in [3.8, 4) is 5.75 Å². The van der Waals surface area contributed by atoms with Crippen molar-refractivity contribution >= 4 is 15.9 Å². The number of aliphatic hydroxyl groups is 1. The molecule has 1 unspecified atom stereocenters. The number of aliphatic hydroxyl groups excluding tert-OH is 1. The van der Waals surface area contributed by atoms with E-state index in [-0.39, 0.29) is 12.6 Å². The Morgan fingerprint density at radius 2 is 2.06 bits per heavy atom. The maximum Gasteiger partial charge on any atom is 0.119 e. The molecule has 2 N–H and O–H groups in total. The van der Waals surface area contributed by atoms with E-state index in [9.17, 15) is 0 Å². The van der Waals surface area contributed by atoms with E-state index in [1.807, 2.05) is 24.3 Å². The van der Waals surface area contributed by atoms with Crippen LogP contribution in [0.1, 0.15) is 6.42 Å². The van der Waals surface area contributed by atoms with Crippen LogP contribution in [0.4, 0.5) is 0 Å². The van der Waals surface area contributed by atoms with E-state index >= 15 is 0 Å². The van der Waals surface area contributed by atoms with Crippen LogP contribution in [0.25, 0.3) is 0 Å². The smallest absolute Gasteiger partial charge is 0.119 e. The minimum Gasteiger partial charge on any atom is -0.492 e. The topological polar surface area (TPSA) is 50.7 Å². The number of methoxy groups -OCH3 is 1. The number of hydrogen-bond acceptors (Lipinski definition) is 4. The van der Waals surface area contributed by atoms with Crippen LogP contribution in [0.15, 0.2) is 28.7 Å². The summed E-state index contributed by atoms with van der Waals surface area (Å²) >= 11 is 3.38. The van der Waals surface area contributed by atoms with Crippen molar-refractivity contribution in [1.29, 1.82) is 0 Å². The summed E-state index contributed by atoms with van der Waals surface area (Å²) in [6.45, 7) is 2.07. The van der Waals surface area contributed by atoms with Crippen molar-refractivity contribution < 1.29 is 14.6 Å². The van der Waals surface area contributed by atoms with Gasteiger partial charge in [0.25, 0.3) is 0 Å². The lowest BCUT2D eigenvalue weighted by molar-refractivity contribution is 0.145. The first-order chi connectivity index (χ1) is 8.76. The molecular formula is C13H20BrNO3. The average molecular weight is 318 g/mol. The number of hydrogen-bond donors (Lipinski definition) is 2. The van der Waals surface area contributed by atoms with Crippen LogP contribution in [0.3, 0.4) is 0 Å². The van der Waals surface area contributed by atoms with Gasteiger partial charge in [0.05, 0.1) is 6.61 Å². The molecule has 0 aliphatic rings. The third kappa shape index (κ3) is 6.35. The Balaban J connectivity index is 2.18. The van der Waals surface area contributed by atoms with E-state index in [0.717, 1.165) is 16.8 Å². The van der Waals surface area contributed by atoms with E-state index < -0.39 is 0 Å². The van der Waals surface area contributed by atoms with Crippen LogP contribution < -0.4 is 10.1 Å². The fourth-order valence-electron chi connectivity index (χ4n) is 1.56. The molecule has 18 heavy (non-hydrogen) atoms. The van der Waals surface area contributed by atoms with E-state index in [1.165, 1.54) is 0 Å². The van der Waals surface area contributed by atoms with Gasteiger partial charge in [0.1, 0.15) is 12.4 Å². The molecule has 5 heteroatoms. The monoisotopic (exact) mass is 317 g/mol. The van der Waals surface area contributed by atoms with Crippen molar-refractivity contribution in [2.75, 3.05) is 33.5 Å². The molecular weight excluding hydrogens is 298 g/mol. The molecule has 0 saturated carbocycles. The Labute approximate surface area is 116 Å². The summed E-state index contributed by atoms with van der Waals surface area (Å²) in [5.74, 6) is 0.852. The first-order valence-electron chi connectivity index (χ1n) is 5.98. The molecule has 0 aliphatic heterocycles. The van der Waals surface area contributed by atoms with Gasteiger partial charge in [-0.15, -0.1) is 0 Å². The summed E-state index contributed by atoms with van der Waals surface area (Å²) in [5.41, 5.74) is 0. The highest BCUT2D eigenvalue weighted by Gasteiger charge is 2.06. The highest BCUT2D eigenvalue weighted by atomic mass is 79.9. The zero-order valence-corrected chi connectivity index (χ0v) is 12.1. The van der Waals surface area contributed by atoms with Crippen LogP contribution in [-0.2, 0) is 4.74 Å². The minimum atomic E-state index is 0.161. The van der Waals surface area contributed by atoms with E-state index in [1.54, 1.807) is 7.11 Å². The van der Waals surface area contributed by atoms with Gasteiger partial charge < -0.3 is 19.9 Å². The molecule has 0 bridgehead atoms.